The minimum Gasteiger partial charge on any atom is -0.463 e. The van der Waals surface area contributed by atoms with Gasteiger partial charge in [-0.1, -0.05) is 32.0 Å². The Morgan fingerprint density at radius 3 is 2.30 bits per heavy atom. The summed E-state index contributed by atoms with van der Waals surface area (Å²) in [5, 5.41) is 2.76. The Morgan fingerprint density at radius 1 is 1.20 bits per heavy atom. The van der Waals surface area contributed by atoms with Gasteiger partial charge in [0.15, 0.2) is 0 Å². The minimum atomic E-state index is -0.381. The maximum atomic E-state index is 12.1. The molecule has 0 unspecified atom stereocenters. The summed E-state index contributed by atoms with van der Waals surface area (Å²) < 4.78 is 5.03. The smallest absolute Gasteiger partial charge is 0.336 e. The third-order valence-electron chi connectivity index (χ3n) is 2.81. The fourth-order valence-corrected chi connectivity index (χ4v) is 1.93. The van der Waals surface area contributed by atoms with Gasteiger partial charge in [0, 0.05) is 11.3 Å². The van der Waals surface area contributed by atoms with E-state index in [-0.39, 0.29) is 17.8 Å². The summed E-state index contributed by atoms with van der Waals surface area (Å²) in [6.45, 7) is 7.57. The summed E-state index contributed by atoms with van der Waals surface area (Å²) in [5.74, 6) is -0.635. The minimum absolute atomic E-state index is 0.0230. The molecule has 0 radical (unpaired) electrons. The van der Waals surface area contributed by atoms with Gasteiger partial charge in [-0.25, -0.2) is 4.79 Å². The number of hydrogen-bond acceptors (Lipinski definition) is 3. The van der Waals surface area contributed by atoms with E-state index in [0.29, 0.717) is 23.4 Å². The molecule has 1 N–H and O–H groups in total. The zero-order valence-corrected chi connectivity index (χ0v) is 12.4. The fraction of sp³-hybridized carbons (Fsp3) is 0.375. The van der Waals surface area contributed by atoms with Crippen molar-refractivity contribution >= 4 is 11.9 Å². The number of benzene rings is 1. The summed E-state index contributed by atoms with van der Waals surface area (Å²) >= 11 is 0. The molecule has 0 aromatic heterocycles. The van der Waals surface area contributed by atoms with Crippen LogP contribution in [0.5, 0.6) is 0 Å². The van der Waals surface area contributed by atoms with E-state index in [9.17, 15) is 9.59 Å². The van der Waals surface area contributed by atoms with Crippen LogP contribution < -0.4 is 5.32 Å². The molecule has 4 nitrogen and oxygen atoms in total. The molecule has 1 aromatic rings. The van der Waals surface area contributed by atoms with Crippen LogP contribution in [0.3, 0.4) is 0 Å². The maximum Gasteiger partial charge on any atom is 0.336 e. The van der Waals surface area contributed by atoms with Crippen LogP contribution in [0.15, 0.2) is 41.6 Å². The molecular formula is C16H21NO3. The molecule has 0 fully saturated rings. The van der Waals surface area contributed by atoms with Crippen molar-refractivity contribution in [3.8, 4) is 0 Å². The molecule has 0 spiro atoms. The topological polar surface area (TPSA) is 55.4 Å². The number of rotatable bonds is 5. The number of hydrogen-bond donors (Lipinski definition) is 1. The molecule has 20 heavy (non-hydrogen) atoms. The van der Waals surface area contributed by atoms with Crippen molar-refractivity contribution in [2.45, 2.75) is 27.7 Å². The van der Waals surface area contributed by atoms with Crippen molar-refractivity contribution in [3.63, 3.8) is 0 Å². The third-order valence-corrected chi connectivity index (χ3v) is 2.81. The lowest BCUT2D eigenvalue weighted by Crippen LogP contribution is -2.26. The highest BCUT2D eigenvalue weighted by Gasteiger charge is 2.19. The van der Waals surface area contributed by atoms with Gasteiger partial charge in [-0.2, -0.15) is 0 Å². The van der Waals surface area contributed by atoms with E-state index in [1.807, 2.05) is 19.9 Å². The lowest BCUT2D eigenvalue weighted by molar-refractivity contribution is -0.139. The highest BCUT2D eigenvalue weighted by Crippen LogP contribution is 2.15. The summed E-state index contributed by atoms with van der Waals surface area (Å²) in [4.78, 5) is 24.0. The van der Waals surface area contributed by atoms with E-state index < -0.39 is 0 Å². The number of esters is 1. The van der Waals surface area contributed by atoms with Crippen LogP contribution in [0.25, 0.3) is 0 Å². The molecule has 0 saturated carbocycles. The first-order valence-corrected chi connectivity index (χ1v) is 6.71. The van der Waals surface area contributed by atoms with Crippen LogP contribution in [0.1, 0.15) is 38.1 Å². The van der Waals surface area contributed by atoms with Crippen molar-refractivity contribution in [2.24, 2.45) is 5.92 Å². The number of ether oxygens (including phenoxy) is 1. The summed E-state index contributed by atoms with van der Waals surface area (Å²) in [6, 6.07) is 8.88. The summed E-state index contributed by atoms with van der Waals surface area (Å²) in [6.07, 6.45) is 0. The number of carbonyl (C=O) groups is 2. The van der Waals surface area contributed by atoms with E-state index in [4.69, 9.17) is 4.74 Å². The number of nitrogens with one attached hydrogen (secondary N) is 1. The summed E-state index contributed by atoms with van der Waals surface area (Å²) in [7, 11) is 0. The molecule has 1 amide bonds. The first-order valence-electron chi connectivity index (χ1n) is 6.71. The quantitative estimate of drug-likeness (QED) is 0.664. The van der Waals surface area contributed by atoms with E-state index in [1.54, 1.807) is 38.1 Å². The second kappa shape index (κ2) is 7.48. The van der Waals surface area contributed by atoms with E-state index in [0.717, 1.165) is 0 Å². The van der Waals surface area contributed by atoms with Crippen molar-refractivity contribution in [1.29, 1.82) is 0 Å². The third kappa shape index (κ3) is 4.23. The van der Waals surface area contributed by atoms with Crippen LogP contribution in [-0.4, -0.2) is 18.5 Å². The van der Waals surface area contributed by atoms with Crippen LogP contribution in [0, 0.1) is 5.92 Å². The Balaban J connectivity index is 2.94. The van der Waals surface area contributed by atoms with Gasteiger partial charge in [0.05, 0.1) is 12.2 Å². The van der Waals surface area contributed by atoms with Gasteiger partial charge in [-0.3, -0.25) is 4.79 Å². The molecule has 4 heteroatoms. The average Bonchev–Trinajstić information content (AvgIpc) is 2.39. The maximum absolute atomic E-state index is 12.1. The van der Waals surface area contributed by atoms with E-state index in [1.165, 1.54) is 0 Å². The van der Waals surface area contributed by atoms with Gasteiger partial charge < -0.3 is 10.1 Å². The predicted octanol–water partition coefficient (Wildman–Crippen LogP) is 2.91. The molecule has 0 heterocycles. The highest BCUT2D eigenvalue weighted by atomic mass is 16.5. The Bertz CT molecular complexity index is 504. The Hall–Kier alpha value is -2.10. The number of allylic oxidation sites excluding steroid dienone is 1. The lowest BCUT2D eigenvalue weighted by Gasteiger charge is -2.15. The Labute approximate surface area is 119 Å². The van der Waals surface area contributed by atoms with Gasteiger partial charge >= 0.3 is 5.97 Å². The SMILES string of the molecule is CCOC(=O)/C(=C(/C)NC(=O)c1ccccc1)C(C)C. The van der Waals surface area contributed by atoms with Gasteiger partial charge in [0.2, 0.25) is 0 Å². The second-order valence-corrected chi connectivity index (χ2v) is 4.73. The molecule has 0 bridgehead atoms. The first-order chi connectivity index (χ1) is 9.47. The predicted molar refractivity (Wildman–Crippen MR) is 78.1 cm³/mol. The molecule has 0 aliphatic heterocycles. The number of amides is 1. The van der Waals surface area contributed by atoms with Crippen molar-refractivity contribution in [2.75, 3.05) is 6.61 Å². The molecule has 0 aliphatic carbocycles. The summed E-state index contributed by atoms with van der Waals surface area (Å²) in [5.41, 5.74) is 1.59. The standard InChI is InChI=1S/C16H21NO3/c1-5-20-16(19)14(11(2)3)12(4)17-15(18)13-9-7-6-8-10-13/h6-11H,5H2,1-4H3,(H,17,18)/b14-12-. The van der Waals surface area contributed by atoms with Crippen molar-refractivity contribution in [3.05, 3.63) is 47.2 Å². The van der Waals surface area contributed by atoms with Crippen LogP contribution in [-0.2, 0) is 9.53 Å². The van der Waals surface area contributed by atoms with Gasteiger partial charge in [-0.05, 0) is 31.9 Å². The molecule has 1 aromatic carbocycles. The Kier molecular flexibility index (Phi) is 5.97. The molecule has 0 atom stereocenters. The number of carbonyl (C=O) groups excluding carboxylic acids is 2. The second-order valence-electron chi connectivity index (χ2n) is 4.73. The van der Waals surface area contributed by atoms with E-state index in [2.05, 4.69) is 5.32 Å². The van der Waals surface area contributed by atoms with Crippen molar-refractivity contribution in [1.82, 2.24) is 5.32 Å². The lowest BCUT2D eigenvalue weighted by atomic mass is 10.0. The molecule has 1 rings (SSSR count). The van der Waals surface area contributed by atoms with Crippen molar-refractivity contribution < 1.29 is 14.3 Å². The molecule has 0 saturated heterocycles. The normalized spacial score (nSPS) is 11.8. The largest absolute Gasteiger partial charge is 0.463 e. The zero-order valence-electron chi connectivity index (χ0n) is 12.4. The fourth-order valence-electron chi connectivity index (χ4n) is 1.93. The van der Waals surface area contributed by atoms with Gasteiger partial charge in [-0.15, -0.1) is 0 Å². The average molecular weight is 275 g/mol. The molecule has 108 valence electrons. The zero-order chi connectivity index (χ0) is 15.1. The first kappa shape index (κ1) is 16.0. The van der Waals surface area contributed by atoms with Crippen LogP contribution in [0.2, 0.25) is 0 Å². The monoisotopic (exact) mass is 275 g/mol. The van der Waals surface area contributed by atoms with E-state index >= 15 is 0 Å². The van der Waals surface area contributed by atoms with Gasteiger partial charge in [0.25, 0.3) is 5.91 Å². The Morgan fingerprint density at radius 2 is 1.80 bits per heavy atom. The highest BCUT2D eigenvalue weighted by molar-refractivity contribution is 5.97. The van der Waals surface area contributed by atoms with Crippen LogP contribution >= 0.6 is 0 Å². The van der Waals surface area contributed by atoms with Crippen LogP contribution in [0.4, 0.5) is 0 Å². The molecule has 0 aliphatic rings. The molecular weight excluding hydrogens is 254 g/mol. The van der Waals surface area contributed by atoms with Gasteiger partial charge in [0.1, 0.15) is 0 Å².